The molecule has 21 heavy (non-hydrogen) atoms. The molecule has 0 aliphatic carbocycles. The van der Waals surface area contributed by atoms with Crippen molar-refractivity contribution in [3.8, 4) is 0 Å². The van der Waals surface area contributed by atoms with E-state index in [1.54, 1.807) is 0 Å². The molecule has 0 aromatic heterocycles. The highest BCUT2D eigenvalue weighted by Crippen LogP contribution is 2.22. The van der Waals surface area contributed by atoms with Crippen molar-refractivity contribution in [2.75, 3.05) is 18.5 Å². The van der Waals surface area contributed by atoms with Gasteiger partial charge in [-0.25, -0.2) is 0 Å². The fourth-order valence-corrected chi connectivity index (χ4v) is 2.57. The summed E-state index contributed by atoms with van der Waals surface area (Å²) < 4.78 is 0. The number of rotatable bonds is 7. The lowest BCUT2D eigenvalue weighted by atomic mass is 10.1. The first-order valence-electron chi connectivity index (χ1n) is 7.76. The summed E-state index contributed by atoms with van der Waals surface area (Å²) in [4.78, 5) is 2.33. The third-order valence-electron chi connectivity index (χ3n) is 3.65. The Labute approximate surface area is 128 Å². The van der Waals surface area contributed by atoms with Gasteiger partial charge in [-0.05, 0) is 37.1 Å². The second-order valence-electron chi connectivity index (χ2n) is 5.65. The van der Waals surface area contributed by atoms with Crippen molar-refractivity contribution in [3.05, 3.63) is 65.2 Å². The molecule has 0 fully saturated rings. The number of benzene rings is 2. The van der Waals surface area contributed by atoms with Gasteiger partial charge in [0.1, 0.15) is 0 Å². The summed E-state index contributed by atoms with van der Waals surface area (Å²) in [7, 11) is 2.17. The zero-order valence-electron chi connectivity index (χ0n) is 13.4. The van der Waals surface area contributed by atoms with Crippen LogP contribution in [0.2, 0.25) is 0 Å². The molecule has 2 nitrogen and oxygen atoms in total. The van der Waals surface area contributed by atoms with Gasteiger partial charge in [0.25, 0.3) is 0 Å². The molecule has 2 heteroatoms. The molecule has 1 N–H and O–H groups in total. The number of hydrogen-bond donors (Lipinski definition) is 1. The second kappa shape index (κ2) is 7.84. The Morgan fingerprint density at radius 3 is 2.52 bits per heavy atom. The second-order valence-corrected chi connectivity index (χ2v) is 5.65. The molecule has 0 saturated carbocycles. The Bertz CT molecular complexity index is 549. The molecular weight excluding hydrogens is 256 g/mol. The SMILES string of the molecule is CCCNCc1cc(C)ccc1N(C)Cc1ccccc1. The van der Waals surface area contributed by atoms with Gasteiger partial charge in [-0.2, -0.15) is 0 Å². The summed E-state index contributed by atoms with van der Waals surface area (Å²) in [6.45, 7) is 7.29. The lowest BCUT2D eigenvalue weighted by Gasteiger charge is -2.23. The first kappa shape index (κ1) is 15.6. The maximum Gasteiger partial charge on any atom is 0.0426 e. The molecule has 0 heterocycles. The van der Waals surface area contributed by atoms with Crippen molar-refractivity contribution < 1.29 is 0 Å². The van der Waals surface area contributed by atoms with E-state index in [0.717, 1.165) is 19.6 Å². The highest BCUT2D eigenvalue weighted by atomic mass is 15.1. The van der Waals surface area contributed by atoms with E-state index in [0.29, 0.717) is 0 Å². The molecule has 0 bridgehead atoms. The first-order valence-corrected chi connectivity index (χ1v) is 7.76. The van der Waals surface area contributed by atoms with E-state index in [2.05, 4.69) is 79.6 Å². The third-order valence-corrected chi connectivity index (χ3v) is 3.65. The van der Waals surface area contributed by atoms with Crippen LogP contribution in [0.5, 0.6) is 0 Å². The average molecular weight is 282 g/mol. The number of aryl methyl sites for hydroxylation is 1. The van der Waals surface area contributed by atoms with Gasteiger partial charge in [0.2, 0.25) is 0 Å². The minimum absolute atomic E-state index is 0.935. The molecule has 2 aromatic rings. The quantitative estimate of drug-likeness (QED) is 0.768. The van der Waals surface area contributed by atoms with Crippen molar-refractivity contribution in [3.63, 3.8) is 0 Å². The maximum atomic E-state index is 3.51. The Kier molecular flexibility index (Phi) is 5.82. The highest BCUT2D eigenvalue weighted by Gasteiger charge is 2.08. The van der Waals surface area contributed by atoms with Gasteiger partial charge >= 0.3 is 0 Å². The number of hydrogen-bond acceptors (Lipinski definition) is 2. The zero-order valence-corrected chi connectivity index (χ0v) is 13.4. The monoisotopic (exact) mass is 282 g/mol. The normalized spacial score (nSPS) is 10.6. The van der Waals surface area contributed by atoms with Crippen molar-refractivity contribution in [1.82, 2.24) is 5.32 Å². The van der Waals surface area contributed by atoms with E-state index in [1.165, 1.54) is 28.8 Å². The molecule has 2 aromatic carbocycles. The molecule has 2 rings (SSSR count). The molecule has 0 atom stereocenters. The topological polar surface area (TPSA) is 15.3 Å². The van der Waals surface area contributed by atoms with Crippen molar-refractivity contribution >= 4 is 5.69 Å². The standard InChI is InChI=1S/C19H26N2/c1-4-12-20-14-18-13-16(2)10-11-19(18)21(3)15-17-8-6-5-7-9-17/h5-11,13,20H,4,12,14-15H2,1-3H3. The summed E-state index contributed by atoms with van der Waals surface area (Å²) >= 11 is 0. The molecule has 0 radical (unpaired) electrons. The molecule has 0 spiro atoms. The minimum atomic E-state index is 0.935. The lowest BCUT2D eigenvalue weighted by molar-refractivity contribution is 0.673. The number of nitrogens with zero attached hydrogens (tertiary/aromatic N) is 1. The Hall–Kier alpha value is -1.80. The average Bonchev–Trinajstić information content (AvgIpc) is 2.48. The van der Waals surface area contributed by atoms with Crippen molar-refractivity contribution in [1.29, 1.82) is 0 Å². The predicted molar refractivity (Wildman–Crippen MR) is 91.7 cm³/mol. The van der Waals surface area contributed by atoms with Crippen LogP contribution in [0.1, 0.15) is 30.0 Å². The summed E-state index contributed by atoms with van der Waals surface area (Å²) in [5.41, 5.74) is 5.35. The maximum absolute atomic E-state index is 3.51. The molecule has 0 unspecified atom stereocenters. The summed E-state index contributed by atoms with van der Waals surface area (Å²) in [6.07, 6.45) is 1.17. The molecule has 0 saturated heterocycles. The first-order chi connectivity index (χ1) is 10.2. The van der Waals surface area contributed by atoms with Crippen molar-refractivity contribution in [2.24, 2.45) is 0 Å². The summed E-state index contributed by atoms with van der Waals surface area (Å²) in [5.74, 6) is 0. The molecule has 0 aliphatic heterocycles. The van der Waals surface area contributed by atoms with Crippen LogP contribution in [0.25, 0.3) is 0 Å². The van der Waals surface area contributed by atoms with Crippen LogP contribution in [0.4, 0.5) is 5.69 Å². The molecule has 112 valence electrons. The van der Waals surface area contributed by atoms with Gasteiger partial charge in [-0.15, -0.1) is 0 Å². The minimum Gasteiger partial charge on any atom is -0.370 e. The Morgan fingerprint density at radius 1 is 1.05 bits per heavy atom. The van der Waals surface area contributed by atoms with Crippen LogP contribution in [-0.4, -0.2) is 13.6 Å². The lowest BCUT2D eigenvalue weighted by Crippen LogP contribution is -2.21. The third kappa shape index (κ3) is 4.61. The van der Waals surface area contributed by atoms with Gasteiger partial charge < -0.3 is 10.2 Å². The molecule has 0 amide bonds. The fraction of sp³-hybridized carbons (Fsp3) is 0.368. The Balaban J connectivity index is 2.13. The van der Waals surface area contributed by atoms with Gasteiger partial charge in [0.15, 0.2) is 0 Å². The summed E-state index contributed by atoms with van der Waals surface area (Å²) in [6, 6.07) is 17.3. The Morgan fingerprint density at radius 2 is 1.81 bits per heavy atom. The number of anilines is 1. The van der Waals surface area contributed by atoms with Gasteiger partial charge in [0.05, 0.1) is 0 Å². The molecule has 0 aliphatic rings. The van der Waals surface area contributed by atoms with Crippen LogP contribution < -0.4 is 10.2 Å². The van der Waals surface area contributed by atoms with E-state index in [4.69, 9.17) is 0 Å². The van der Waals surface area contributed by atoms with E-state index < -0.39 is 0 Å². The van der Waals surface area contributed by atoms with Gasteiger partial charge in [0, 0.05) is 25.8 Å². The van der Waals surface area contributed by atoms with Crippen LogP contribution in [0.3, 0.4) is 0 Å². The molecular formula is C19H26N2. The van der Waals surface area contributed by atoms with Crippen LogP contribution in [-0.2, 0) is 13.1 Å². The zero-order chi connectivity index (χ0) is 15.1. The van der Waals surface area contributed by atoms with Crippen LogP contribution in [0.15, 0.2) is 48.5 Å². The summed E-state index contributed by atoms with van der Waals surface area (Å²) in [5, 5.41) is 3.51. The highest BCUT2D eigenvalue weighted by molar-refractivity contribution is 5.54. The van der Waals surface area contributed by atoms with Gasteiger partial charge in [-0.1, -0.05) is 55.0 Å². The fourth-order valence-electron chi connectivity index (χ4n) is 2.57. The van der Waals surface area contributed by atoms with Gasteiger partial charge in [-0.3, -0.25) is 0 Å². The van der Waals surface area contributed by atoms with E-state index in [9.17, 15) is 0 Å². The number of nitrogens with one attached hydrogen (secondary N) is 1. The van der Waals surface area contributed by atoms with Crippen LogP contribution in [0, 0.1) is 6.92 Å². The largest absolute Gasteiger partial charge is 0.370 e. The predicted octanol–water partition coefficient (Wildman–Crippen LogP) is 4.13. The van der Waals surface area contributed by atoms with E-state index in [1.807, 2.05) is 0 Å². The van der Waals surface area contributed by atoms with E-state index >= 15 is 0 Å². The van der Waals surface area contributed by atoms with Crippen molar-refractivity contribution in [2.45, 2.75) is 33.4 Å². The van der Waals surface area contributed by atoms with E-state index in [-0.39, 0.29) is 0 Å². The van der Waals surface area contributed by atoms with Crippen LogP contribution >= 0.6 is 0 Å². The smallest absolute Gasteiger partial charge is 0.0426 e.